The predicted octanol–water partition coefficient (Wildman–Crippen LogP) is 4.36. The molecule has 6 heteroatoms. The molecule has 0 bridgehead atoms. The van der Waals surface area contributed by atoms with Crippen LogP contribution in [0, 0.1) is 13.8 Å². The highest BCUT2D eigenvalue weighted by Crippen LogP contribution is 2.23. The second-order valence-electron chi connectivity index (χ2n) is 7.21. The van der Waals surface area contributed by atoms with Crippen molar-refractivity contribution in [3.63, 3.8) is 0 Å². The zero-order chi connectivity index (χ0) is 19.7. The molecule has 1 amide bonds. The van der Waals surface area contributed by atoms with Crippen LogP contribution in [0.2, 0.25) is 5.02 Å². The normalized spacial score (nSPS) is 14.5. The maximum absolute atomic E-state index is 13.1. The van der Waals surface area contributed by atoms with Gasteiger partial charge in [0.15, 0.2) is 0 Å². The fourth-order valence-corrected chi connectivity index (χ4v) is 4.01. The fraction of sp³-hybridized carbons (Fsp3) is 0.318. The van der Waals surface area contributed by atoms with Crippen LogP contribution < -0.4 is 4.90 Å². The number of rotatable bonds is 4. The predicted molar refractivity (Wildman–Crippen MR) is 111 cm³/mol. The van der Waals surface area contributed by atoms with Crippen LogP contribution in [0.15, 0.2) is 53.1 Å². The zero-order valence-electron chi connectivity index (χ0n) is 16.2. The maximum atomic E-state index is 13.1. The molecule has 3 heterocycles. The molecule has 0 aliphatic carbocycles. The van der Waals surface area contributed by atoms with Crippen LogP contribution in [-0.4, -0.2) is 41.6 Å². The Kier molecular flexibility index (Phi) is 5.18. The molecule has 4 rings (SSSR count). The molecule has 0 saturated carbocycles. The Morgan fingerprint density at radius 1 is 1.07 bits per heavy atom. The summed E-state index contributed by atoms with van der Waals surface area (Å²) in [5.41, 5.74) is 3.93. The van der Waals surface area contributed by atoms with Crippen molar-refractivity contribution >= 4 is 23.2 Å². The zero-order valence-corrected chi connectivity index (χ0v) is 16.9. The van der Waals surface area contributed by atoms with Gasteiger partial charge in [0.05, 0.1) is 18.4 Å². The molecule has 0 atom stereocenters. The van der Waals surface area contributed by atoms with Crippen LogP contribution >= 0.6 is 11.6 Å². The minimum Gasteiger partial charge on any atom is -0.467 e. The highest BCUT2D eigenvalue weighted by Gasteiger charge is 2.25. The number of aromatic nitrogens is 1. The Labute approximate surface area is 170 Å². The van der Waals surface area contributed by atoms with Gasteiger partial charge in [-0.25, -0.2) is 0 Å². The van der Waals surface area contributed by atoms with Gasteiger partial charge < -0.3 is 18.8 Å². The molecule has 1 fully saturated rings. The Hall–Kier alpha value is -2.66. The van der Waals surface area contributed by atoms with Crippen molar-refractivity contribution in [2.75, 3.05) is 31.1 Å². The number of aryl methyl sites for hydroxylation is 1. The Balaban J connectivity index is 1.45. The minimum atomic E-state index is 0.101. The Morgan fingerprint density at radius 3 is 2.54 bits per heavy atom. The Morgan fingerprint density at radius 2 is 1.86 bits per heavy atom. The number of anilines is 1. The highest BCUT2D eigenvalue weighted by molar-refractivity contribution is 6.30. The summed E-state index contributed by atoms with van der Waals surface area (Å²) >= 11 is 6.11. The maximum Gasteiger partial charge on any atom is 0.255 e. The number of amides is 1. The van der Waals surface area contributed by atoms with Gasteiger partial charge in [0, 0.05) is 48.3 Å². The molecule has 2 aromatic heterocycles. The third-order valence-electron chi connectivity index (χ3n) is 5.44. The lowest BCUT2D eigenvalue weighted by molar-refractivity contribution is 0.0746. The molecule has 1 saturated heterocycles. The van der Waals surface area contributed by atoms with Crippen LogP contribution in [-0.2, 0) is 6.54 Å². The number of benzene rings is 1. The number of carbonyl (C=O) groups is 1. The number of piperazine rings is 1. The molecule has 1 aliphatic heterocycles. The van der Waals surface area contributed by atoms with Crippen molar-refractivity contribution in [1.29, 1.82) is 0 Å². The van der Waals surface area contributed by atoms with E-state index in [2.05, 4.69) is 15.5 Å². The van der Waals surface area contributed by atoms with Gasteiger partial charge in [0.25, 0.3) is 5.91 Å². The first kappa shape index (κ1) is 18.7. The van der Waals surface area contributed by atoms with Gasteiger partial charge in [0.2, 0.25) is 0 Å². The van der Waals surface area contributed by atoms with E-state index in [4.69, 9.17) is 16.0 Å². The molecule has 0 radical (unpaired) electrons. The number of halogens is 1. The van der Waals surface area contributed by atoms with E-state index in [0.29, 0.717) is 19.6 Å². The number of hydrogen-bond acceptors (Lipinski definition) is 3. The molecule has 0 unspecified atom stereocenters. The summed E-state index contributed by atoms with van der Waals surface area (Å²) in [4.78, 5) is 17.4. The summed E-state index contributed by atoms with van der Waals surface area (Å²) in [5.74, 6) is 0.987. The molecular weight excluding hydrogens is 374 g/mol. The molecule has 0 N–H and O–H groups in total. The largest absolute Gasteiger partial charge is 0.467 e. The van der Waals surface area contributed by atoms with E-state index >= 15 is 0 Å². The van der Waals surface area contributed by atoms with E-state index in [-0.39, 0.29) is 5.91 Å². The van der Waals surface area contributed by atoms with Crippen molar-refractivity contribution in [2.45, 2.75) is 20.4 Å². The number of nitrogens with zero attached hydrogens (tertiary/aromatic N) is 3. The fourth-order valence-electron chi connectivity index (χ4n) is 3.83. The summed E-state index contributed by atoms with van der Waals surface area (Å²) < 4.78 is 7.60. The second kappa shape index (κ2) is 7.76. The summed E-state index contributed by atoms with van der Waals surface area (Å²) in [6, 6.07) is 13.7. The average molecular weight is 398 g/mol. The van der Waals surface area contributed by atoms with Gasteiger partial charge in [-0.05, 0) is 50.2 Å². The number of hydrogen-bond donors (Lipinski definition) is 0. The first-order chi connectivity index (χ1) is 13.5. The number of carbonyl (C=O) groups excluding carboxylic acids is 1. The lowest BCUT2D eigenvalue weighted by atomic mass is 10.2. The first-order valence-corrected chi connectivity index (χ1v) is 9.89. The van der Waals surface area contributed by atoms with Gasteiger partial charge in [0.1, 0.15) is 5.76 Å². The van der Waals surface area contributed by atoms with Crippen molar-refractivity contribution in [3.05, 3.63) is 76.5 Å². The van der Waals surface area contributed by atoms with Crippen molar-refractivity contribution in [3.8, 4) is 0 Å². The molecule has 5 nitrogen and oxygen atoms in total. The highest BCUT2D eigenvalue weighted by atomic mass is 35.5. The van der Waals surface area contributed by atoms with Gasteiger partial charge in [-0.3, -0.25) is 4.79 Å². The van der Waals surface area contributed by atoms with Crippen LogP contribution in [0.3, 0.4) is 0 Å². The lowest BCUT2D eigenvalue weighted by Crippen LogP contribution is -2.48. The smallest absolute Gasteiger partial charge is 0.255 e. The standard InChI is InChI=1S/C22H24ClN3O2/c1-16-13-21(17(2)26(16)15-20-7-4-12-28-20)22(27)25-10-8-24(9-11-25)19-6-3-5-18(23)14-19/h3-7,12-14H,8-11,15H2,1-2H3. The summed E-state index contributed by atoms with van der Waals surface area (Å²) in [7, 11) is 0. The molecule has 146 valence electrons. The van der Waals surface area contributed by atoms with Crippen LogP contribution in [0.1, 0.15) is 27.5 Å². The quantitative estimate of drug-likeness (QED) is 0.656. The van der Waals surface area contributed by atoms with Crippen molar-refractivity contribution < 1.29 is 9.21 Å². The summed E-state index contributed by atoms with van der Waals surface area (Å²) in [5, 5.41) is 0.736. The molecule has 1 aromatic carbocycles. The van der Waals surface area contributed by atoms with Gasteiger partial charge >= 0.3 is 0 Å². The van der Waals surface area contributed by atoms with Crippen LogP contribution in [0.4, 0.5) is 5.69 Å². The molecule has 3 aromatic rings. The van der Waals surface area contributed by atoms with Crippen molar-refractivity contribution in [2.24, 2.45) is 0 Å². The Bertz CT molecular complexity index is 970. The summed E-state index contributed by atoms with van der Waals surface area (Å²) in [6.45, 7) is 7.69. The van der Waals surface area contributed by atoms with Gasteiger partial charge in [-0.15, -0.1) is 0 Å². The molecule has 28 heavy (non-hydrogen) atoms. The molecule has 0 spiro atoms. The van der Waals surface area contributed by atoms with E-state index in [0.717, 1.165) is 46.5 Å². The third kappa shape index (κ3) is 3.67. The second-order valence-corrected chi connectivity index (χ2v) is 7.65. The monoisotopic (exact) mass is 397 g/mol. The molecule has 1 aliphatic rings. The third-order valence-corrected chi connectivity index (χ3v) is 5.67. The van der Waals surface area contributed by atoms with Gasteiger partial charge in [-0.1, -0.05) is 17.7 Å². The van der Waals surface area contributed by atoms with E-state index in [1.807, 2.05) is 55.1 Å². The van der Waals surface area contributed by atoms with E-state index in [1.165, 1.54) is 0 Å². The van der Waals surface area contributed by atoms with E-state index < -0.39 is 0 Å². The minimum absolute atomic E-state index is 0.101. The lowest BCUT2D eigenvalue weighted by Gasteiger charge is -2.36. The number of furan rings is 1. The van der Waals surface area contributed by atoms with Crippen LogP contribution in [0.25, 0.3) is 0 Å². The van der Waals surface area contributed by atoms with Crippen LogP contribution in [0.5, 0.6) is 0 Å². The SMILES string of the molecule is Cc1cc(C(=O)N2CCN(c3cccc(Cl)c3)CC2)c(C)n1Cc1ccco1. The van der Waals surface area contributed by atoms with Crippen molar-refractivity contribution in [1.82, 2.24) is 9.47 Å². The summed E-state index contributed by atoms with van der Waals surface area (Å²) in [6.07, 6.45) is 1.68. The topological polar surface area (TPSA) is 41.6 Å². The molecular formula is C22H24ClN3O2. The van der Waals surface area contributed by atoms with E-state index in [9.17, 15) is 4.79 Å². The van der Waals surface area contributed by atoms with Gasteiger partial charge in [-0.2, -0.15) is 0 Å². The average Bonchev–Trinajstić information content (AvgIpc) is 3.31. The van der Waals surface area contributed by atoms with E-state index in [1.54, 1.807) is 6.26 Å². The first-order valence-electron chi connectivity index (χ1n) is 9.52.